The molecule has 3 rings (SSSR count). The lowest BCUT2D eigenvalue weighted by Crippen LogP contribution is -2.29. The van der Waals surface area contributed by atoms with Crippen molar-refractivity contribution in [3.8, 4) is 11.5 Å². The standard InChI is InChI=1S/C25H27BrN2O5S/c1-17-10-12-20(34(30,31)28(3)22-8-6-7-9-24(22)33-5)15-21(17)25(29)27(2)16-18-14-19(26)11-13-23(18)32-4/h6-15H,16H2,1-5H3. The average molecular weight is 547 g/mol. The Balaban J connectivity index is 1.94. The number of hydrogen-bond donors (Lipinski definition) is 0. The molecule has 0 aliphatic heterocycles. The van der Waals surface area contributed by atoms with Crippen LogP contribution in [-0.2, 0) is 16.6 Å². The van der Waals surface area contributed by atoms with E-state index in [1.807, 2.05) is 18.2 Å². The number of anilines is 1. The normalized spacial score (nSPS) is 11.1. The van der Waals surface area contributed by atoms with Crippen molar-refractivity contribution in [1.82, 2.24) is 4.90 Å². The Labute approximate surface area is 209 Å². The largest absolute Gasteiger partial charge is 0.496 e. The molecule has 34 heavy (non-hydrogen) atoms. The lowest BCUT2D eigenvalue weighted by molar-refractivity contribution is 0.0783. The summed E-state index contributed by atoms with van der Waals surface area (Å²) in [5, 5.41) is 0. The van der Waals surface area contributed by atoms with Gasteiger partial charge in [-0.15, -0.1) is 0 Å². The van der Waals surface area contributed by atoms with Crippen LogP contribution in [0.25, 0.3) is 0 Å². The van der Waals surface area contributed by atoms with Gasteiger partial charge in [0.15, 0.2) is 0 Å². The van der Waals surface area contributed by atoms with Gasteiger partial charge in [0.1, 0.15) is 11.5 Å². The highest BCUT2D eigenvalue weighted by molar-refractivity contribution is 9.10. The molecule has 0 aliphatic rings. The maximum atomic E-state index is 13.4. The van der Waals surface area contributed by atoms with Gasteiger partial charge < -0.3 is 14.4 Å². The second kappa shape index (κ2) is 10.5. The second-order valence-corrected chi connectivity index (χ2v) is 10.6. The molecule has 7 nitrogen and oxygen atoms in total. The van der Waals surface area contributed by atoms with Crippen LogP contribution in [0.4, 0.5) is 5.69 Å². The Kier molecular flexibility index (Phi) is 7.89. The molecule has 0 atom stereocenters. The molecule has 0 aliphatic carbocycles. The van der Waals surface area contributed by atoms with Gasteiger partial charge in [-0.05, 0) is 55.0 Å². The Morgan fingerprint density at radius 3 is 2.29 bits per heavy atom. The van der Waals surface area contributed by atoms with Gasteiger partial charge in [0.25, 0.3) is 15.9 Å². The van der Waals surface area contributed by atoms with Crippen molar-refractivity contribution >= 4 is 37.5 Å². The van der Waals surface area contributed by atoms with Gasteiger partial charge in [-0.1, -0.05) is 34.1 Å². The quantitative estimate of drug-likeness (QED) is 0.402. The molecular weight excluding hydrogens is 520 g/mol. The highest BCUT2D eigenvalue weighted by atomic mass is 79.9. The predicted octanol–water partition coefficient (Wildman–Crippen LogP) is 4.87. The molecular formula is C25H27BrN2O5S. The van der Waals surface area contributed by atoms with Crippen molar-refractivity contribution in [3.63, 3.8) is 0 Å². The number of hydrogen-bond acceptors (Lipinski definition) is 5. The average Bonchev–Trinajstić information content (AvgIpc) is 2.83. The van der Waals surface area contributed by atoms with Crippen LogP contribution in [0.2, 0.25) is 0 Å². The van der Waals surface area contributed by atoms with Gasteiger partial charge >= 0.3 is 0 Å². The molecule has 0 fully saturated rings. The van der Waals surface area contributed by atoms with E-state index in [1.165, 1.54) is 31.2 Å². The lowest BCUT2D eigenvalue weighted by atomic mass is 10.1. The molecule has 3 aromatic carbocycles. The van der Waals surface area contributed by atoms with Crippen LogP contribution in [0.5, 0.6) is 11.5 Å². The van der Waals surface area contributed by atoms with Gasteiger partial charge in [-0.3, -0.25) is 9.10 Å². The van der Waals surface area contributed by atoms with E-state index in [-0.39, 0.29) is 10.8 Å². The second-order valence-electron chi connectivity index (χ2n) is 7.74. The fraction of sp³-hybridized carbons (Fsp3) is 0.240. The van der Waals surface area contributed by atoms with E-state index in [4.69, 9.17) is 9.47 Å². The molecule has 0 aromatic heterocycles. The third kappa shape index (κ3) is 5.20. The number of halogens is 1. The van der Waals surface area contributed by atoms with Crippen molar-refractivity contribution in [2.75, 3.05) is 32.6 Å². The first kappa shape index (κ1) is 25.6. The number of methoxy groups -OCH3 is 2. The summed E-state index contributed by atoms with van der Waals surface area (Å²) in [4.78, 5) is 14.9. The summed E-state index contributed by atoms with van der Waals surface area (Å²) < 4.78 is 39.5. The van der Waals surface area contributed by atoms with Crippen LogP contribution in [0.3, 0.4) is 0 Å². The molecule has 0 spiro atoms. The van der Waals surface area contributed by atoms with Gasteiger partial charge in [0.05, 0.1) is 24.8 Å². The molecule has 9 heteroatoms. The molecule has 0 N–H and O–H groups in total. The van der Waals surface area contributed by atoms with Crippen molar-refractivity contribution in [2.24, 2.45) is 0 Å². The van der Waals surface area contributed by atoms with E-state index in [0.29, 0.717) is 34.9 Å². The number of carbonyl (C=O) groups is 1. The zero-order valence-electron chi connectivity index (χ0n) is 19.7. The van der Waals surface area contributed by atoms with Crippen LogP contribution in [-0.4, -0.2) is 47.5 Å². The van der Waals surface area contributed by atoms with Crippen molar-refractivity contribution in [2.45, 2.75) is 18.4 Å². The summed E-state index contributed by atoms with van der Waals surface area (Å²) in [5.74, 6) is 0.797. The van der Waals surface area contributed by atoms with E-state index in [2.05, 4.69) is 15.9 Å². The number of nitrogens with zero attached hydrogens (tertiary/aromatic N) is 2. The van der Waals surface area contributed by atoms with Crippen LogP contribution in [0.15, 0.2) is 70.0 Å². The number of sulfonamides is 1. The number of rotatable bonds is 8. The third-order valence-electron chi connectivity index (χ3n) is 5.52. The topological polar surface area (TPSA) is 76.2 Å². The Bertz CT molecular complexity index is 1310. The first-order valence-electron chi connectivity index (χ1n) is 10.4. The zero-order valence-corrected chi connectivity index (χ0v) is 22.1. The van der Waals surface area contributed by atoms with Crippen molar-refractivity contribution in [1.29, 1.82) is 0 Å². The molecule has 1 amide bonds. The fourth-order valence-corrected chi connectivity index (χ4v) is 5.21. The Morgan fingerprint density at radius 1 is 0.941 bits per heavy atom. The minimum Gasteiger partial charge on any atom is -0.496 e. The first-order valence-corrected chi connectivity index (χ1v) is 12.6. The van der Waals surface area contributed by atoms with E-state index in [1.54, 1.807) is 51.4 Å². The first-order chi connectivity index (χ1) is 16.1. The van der Waals surface area contributed by atoms with E-state index in [9.17, 15) is 13.2 Å². The van der Waals surface area contributed by atoms with Crippen LogP contribution >= 0.6 is 15.9 Å². The van der Waals surface area contributed by atoms with Crippen LogP contribution in [0, 0.1) is 6.92 Å². The van der Waals surface area contributed by atoms with Crippen molar-refractivity contribution < 1.29 is 22.7 Å². The number of ether oxygens (including phenoxy) is 2. The minimum atomic E-state index is -3.94. The van der Waals surface area contributed by atoms with E-state index >= 15 is 0 Å². The van der Waals surface area contributed by atoms with E-state index < -0.39 is 10.0 Å². The lowest BCUT2D eigenvalue weighted by Gasteiger charge is -2.23. The van der Waals surface area contributed by atoms with Gasteiger partial charge in [0.2, 0.25) is 0 Å². The highest BCUT2D eigenvalue weighted by Gasteiger charge is 2.26. The molecule has 3 aromatic rings. The molecule has 0 bridgehead atoms. The number of aryl methyl sites for hydroxylation is 1. The zero-order chi connectivity index (χ0) is 25.0. The maximum absolute atomic E-state index is 13.4. The SMILES string of the molecule is COc1ccc(Br)cc1CN(C)C(=O)c1cc(S(=O)(=O)N(C)c2ccccc2OC)ccc1C. The highest BCUT2D eigenvalue weighted by Crippen LogP contribution is 2.31. The van der Waals surface area contributed by atoms with E-state index in [0.717, 1.165) is 14.3 Å². The molecule has 180 valence electrons. The summed E-state index contributed by atoms with van der Waals surface area (Å²) in [7, 11) is 2.25. The van der Waals surface area contributed by atoms with Crippen LogP contribution < -0.4 is 13.8 Å². The Morgan fingerprint density at radius 2 is 1.62 bits per heavy atom. The Hall–Kier alpha value is -3.04. The predicted molar refractivity (Wildman–Crippen MR) is 136 cm³/mol. The summed E-state index contributed by atoms with van der Waals surface area (Å²) in [6.07, 6.45) is 0. The molecule has 0 saturated carbocycles. The molecule has 0 heterocycles. The third-order valence-corrected chi connectivity index (χ3v) is 7.78. The van der Waals surface area contributed by atoms with Gasteiger partial charge in [-0.2, -0.15) is 0 Å². The summed E-state index contributed by atoms with van der Waals surface area (Å²) in [6.45, 7) is 2.07. The fourth-order valence-electron chi connectivity index (χ4n) is 3.57. The van der Waals surface area contributed by atoms with Crippen LogP contribution in [0.1, 0.15) is 21.5 Å². The number of benzene rings is 3. The smallest absolute Gasteiger partial charge is 0.264 e. The summed E-state index contributed by atoms with van der Waals surface area (Å²) >= 11 is 3.44. The van der Waals surface area contributed by atoms with Gasteiger partial charge in [0, 0.05) is 36.2 Å². The summed E-state index contributed by atoms with van der Waals surface area (Å²) in [5.41, 5.74) is 2.21. The summed E-state index contributed by atoms with van der Waals surface area (Å²) in [6, 6.07) is 17.0. The molecule has 0 radical (unpaired) electrons. The minimum absolute atomic E-state index is 0.0169. The molecule has 0 saturated heterocycles. The number of carbonyl (C=O) groups excluding carboxylic acids is 1. The number of para-hydroxylation sites is 2. The number of amides is 1. The maximum Gasteiger partial charge on any atom is 0.264 e. The molecule has 0 unspecified atom stereocenters. The van der Waals surface area contributed by atoms with Gasteiger partial charge in [-0.25, -0.2) is 8.42 Å². The monoisotopic (exact) mass is 546 g/mol. The van der Waals surface area contributed by atoms with Crippen molar-refractivity contribution in [3.05, 3.63) is 81.8 Å².